The van der Waals surface area contributed by atoms with Crippen molar-refractivity contribution in [3.8, 4) is 0 Å². The van der Waals surface area contributed by atoms with Gasteiger partial charge in [0.2, 0.25) is 0 Å². The van der Waals surface area contributed by atoms with E-state index in [0.717, 1.165) is 30.6 Å². The third-order valence-electron chi connectivity index (χ3n) is 7.98. The minimum atomic E-state index is 0.0431. The first-order valence-corrected chi connectivity index (χ1v) is 17.0. The van der Waals surface area contributed by atoms with E-state index in [1.807, 2.05) is 0 Å². The van der Waals surface area contributed by atoms with Crippen LogP contribution >= 0.6 is 0 Å². The van der Waals surface area contributed by atoms with Crippen LogP contribution in [-0.4, -0.2) is 12.6 Å². The molecule has 0 rings (SSSR count). The summed E-state index contributed by atoms with van der Waals surface area (Å²) < 4.78 is 5.57. The second-order valence-corrected chi connectivity index (χ2v) is 13.4. The Balaban J connectivity index is 4.03. The molecule has 0 fully saturated rings. The number of hydrogen-bond donors (Lipinski definition) is 0. The summed E-state index contributed by atoms with van der Waals surface area (Å²) in [5.74, 6) is 3.25. The van der Waals surface area contributed by atoms with Crippen molar-refractivity contribution in [1.29, 1.82) is 0 Å². The van der Waals surface area contributed by atoms with E-state index in [1.54, 1.807) is 0 Å². The lowest BCUT2D eigenvalue weighted by Crippen LogP contribution is -2.10. The zero-order valence-electron chi connectivity index (χ0n) is 26.6. The molecule has 0 aromatic carbocycles. The molecule has 2 nitrogen and oxygen atoms in total. The molecule has 0 spiro atoms. The molecule has 0 saturated carbocycles. The molecule has 0 aromatic heterocycles. The van der Waals surface area contributed by atoms with Crippen molar-refractivity contribution >= 4 is 5.97 Å². The van der Waals surface area contributed by atoms with E-state index in [0.29, 0.717) is 18.9 Å². The Morgan fingerprint density at radius 2 is 0.757 bits per heavy atom. The minimum Gasteiger partial charge on any atom is -0.466 e. The van der Waals surface area contributed by atoms with Crippen molar-refractivity contribution in [2.24, 2.45) is 23.7 Å². The van der Waals surface area contributed by atoms with Gasteiger partial charge in [0.25, 0.3) is 0 Å². The van der Waals surface area contributed by atoms with Crippen LogP contribution in [0.5, 0.6) is 0 Å². The van der Waals surface area contributed by atoms with Crippen LogP contribution in [0, 0.1) is 23.7 Å². The highest BCUT2D eigenvalue weighted by atomic mass is 16.5. The molecule has 222 valence electrons. The molecule has 2 heteroatoms. The van der Waals surface area contributed by atoms with Gasteiger partial charge in [-0.2, -0.15) is 0 Å². The maximum atomic E-state index is 12.3. The van der Waals surface area contributed by atoms with Gasteiger partial charge < -0.3 is 4.74 Å². The molecule has 0 N–H and O–H groups in total. The van der Waals surface area contributed by atoms with Crippen LogP contribution in [0.2, 0.25) is 0 Å². The predicted octanol–water partition coefficient (Wildman–Crippen LogP) is 12.1. The van der Waals surface area contributed by atoms with E-state index in [9.17, 15) is 4.79 Å². The third-order valence-corrected chi connectivity index (χ3v) is 7.98. The number of hydrogen-bond acceptors (Lipinski definition) is 2. The van der Waals surface area contributed by atoms with Gasteiger partial charge in [-0.3, -0.25) is 4.79 Å². The van der Waals surface area contributed by atoms with Gasteiger partial charge in [-0.05, 0) is 36.5 Å². The second-order valence-electron chi connectivity index (χ2n) is 13.4. The summed E-state index contributed by atoms with van der Waals surface area (Å²) in [6.07, 6.45) is 29.8. The van der Waals surface area contributed by atoms with E-state index in [2.05, 4.69) is 41.5 Å². The zero-order valence-corrected chi connectivity index (χ0v) is 26.6. The summed E-state index contributed by atoms with van der Waals surface area (Å²) in [5.41, 5.74) is 0. The van der Waals surface area contributed by atoms with Crippen molar-refractivity contribution < 1.29 is 9.53 Å². The van der Waals surface area contributed by atoms with Crippen LogP contribution in [0.3, 0.4) is 0 Å². The molecule has 0 amide bonds. The van der Waals surface area contributed by atoms with Gasteiger partial charge in [0.1, 0.15) is 0 Å². The van der Waals surface area contributed by atoms with Crippen LogP contribution in [0.4, 0.5) is 0 Å². The van der Waals surface area contributed by atoms with E-state index in [1.165, 1.54) is 128 Å². The van der Waals surface area contributed by atoms with E-state index < -0.39 is 0 Å². The van der Waals surface area contributed by atoms with E-state index in [4.69, 9.17) is 4.74 Å². The Labute approximate surface area is 234 Å². The van der Waals surface area contributed by atoms with Gasteiger partial charge in [-0.1, -0.05) is 170 Å². The van der Waals surface area contributed by atoms with Crippen LogP contribution in [0.25, 0.3) is 0 Å². The molecule has 37 heavy (non-hydrogen) atoms. The Hall–Kier alpha value is -0.530. The fourth-order valence-electron chi connectivity index (χ4n) is 5.41. The van der Waals surface area contributed by atoms with Crippen molar-refractivity contribution in [3.63, 3.8) is 0 Å². The molecule has 0 aliphatic carbocycles. The Bertz CT molecular complexity index is 468. The van der Waals surface area contributed by atoms with Crippen LogP contribution < -0.4 is 0 Å². The number of rotatable bonds is 28. The highest BCUT2D eigenvalue weighted by molar-refractivity contribution is 5.69. The Morgan fingerprint density at radius 3 is 1.14 bits per heavy atom. The summed E-state index contributed by atoms with van der Waals surface area (Å²) in [6.45, 7) is 14.5. The van der Waals surface area contributed by atoms with Gasteiger partial charge in [-0.15, -0.1) is 0 Å². The Morgan fingerprint density at radius 1 is 0.432 bits per heavy atom. The van der Waals surface area contributed by atoms with Crippen LogP contribution in [0.15, 0.2) is 0 Å². The smallest absolute Gasteiger partial charge is 0.305 e. The molecule has 0 radical (unpaired) electrons. The normalized spacial score (nSPS) is 12.7. The molecule has 0 heterocycles. The molecule has 0 saturated heterocycles. The monoisotopic (exact) mass is 523 g/mol. The van der Waals surface area contributed by atoms with Gasteiger partial charge in [0.05, 0.1) is 6.61 Å². The van der Waals surface area contributed by atoms with Gasteiger partial charge in [0.15, 0.2) is 0 Å². The van der Waals surface area contributed by atoms with Gasteiger partial charge in [0, 0.05) is 6.42 Å². The average Bonchev–Trinajstić information content (AvgIpc) is 2.83. The van der Waals surface area contributed by atoms with Crippen molar-refractivity contribution in [1.82, 2.24) is 0 Å². The second kappa shape index (κ2) is 27.1. The first kappa shape index (κ1) is 36.5. The van der Waals surface area contributed by atoms with Crippen molar-refractivity contribution in [2.45, 2.75) is 189 Å². The van der Waals surface area contributed by atoms with Crippen molar-refractivity contribution in [3.05, 3.63) is 0 Å². The highest BCUT2D eigenvalue weighted by Crippen LogP contribution is 2.24. The average molecular weight is 523 g/mol. The molecular weight excluding hydrogens is 452 g/mol. The number of carbonyl (C=O) groups excluding carboxylic acids is 1. The quantitative estimate of drug-likeness (QED) is 0.0754. The predicted molar refractivity (Wildman–Crippen MR) is 165 cm³/mol. The molecule has 0 bridgehead atoms. The summed E-state index contributed by atoms with van der Waals surface area (Å²) in [4.78, 5) is 12.3. The van der Waals surface area contributed by atoms with Crippen LogP contribution in [-0.2, 0) is 9.53 Å². The zero-order chi connectivity index (χ0) is 27.6. The standard InChI is InChI=1S/C35H70O2/c1-31(2)23-17-11-9-7-8-10-12-20-26-34(27-21-14-13-18-24-32(3)4)28-29-35(36)37-30-22-16-15-19-25-33(5)6/h31-34H,7-30H2,1-6H3. The molecular formula is C35H70O2. The van der Waals surface area contributed by atoms with Crippen molar-refractivity contribution in [2.75, 3.05) is 6.61 Å². The first-order valence-electron chi connectivity index (χ1n) is 17.0. The molecule has 1 atom stereocenters. The van der Waals surface area contributed by atoms with E-state index in [-0.39, 0.29) is 5.97 Å². The highest BCUT2D eigenvalue weighted by Gasteiger charge is 2.12. The lowest BCUT2D eigenvalue weighted by Gasteiger charge is -2.17. The summed E-state index contributed by atoms with van der Waals surface area (Å²) >= 11 is 0. The molecule has 0 aliphatic heterocycles. The van der Waals surface area contributed by atoms with Gasteiger partial charge in [-0.25, -0.2) is 0 Å². The molecule has 0 aliphatic rings. The number of carbonyl (C=O) groups is 1. The largest absolute Gasteiger partial charge is 0.466 e. The number of ether oxygens (including phenoxy) is 1. The summed E-state index contributed by atoms with van der Waals surface area (Å²) in [5, 5.41) is 0. The maximum Gasteiger partial charge on any atom is 0.305 e. The fourth-order valence-corrected chi connectivity index (χ4v) is 5.41. The molecule has 1 unspecified atom stereocenters. The lowest BCUT2D eigenvalue weighted by molar-refractivity contribution is -0.144. The number of esters is 1. The molecule has 0 aromatic rings. The first-order chi connectivity index (χ1) is 17.8. The number of unbranched alkanes of at least 4 members (excludes halogenated alkanes) is 13. The Kier molecular flexibility index (Phi) is 26.7. The topological polar surface area (TPSA) is 26.3 Å². The lowest BCUT2D eigenvalue weighted by atomic mass is 9.90. The minimum absolute atomic E-state index is 0.0431. The summed E-state index contributed by atoms with van der Waals surface area (Å²) in [6, 6.07) is 0. The SMILES string of the molecule is CC(C)CCCCCCCCCCC(CCCCCCC(C)C)CCC(=O)OCCCCCCC(C)C. The van der Waals surface area contributed by atoms with Gasteiger partial charge >= 0.3 is 5.97 Å². The fraction of sp³-hybridized carbons (Fsp3) is 0.971. The summed E-state index contributed by atoms with van der Waals surface area (Å²) in [7, 11) is 0. The van der Waals surface area contributed by atoms with Crippen LogP contribution in [0.1, 0.15) is 189 Å². The maximum absolute atomic E-state index is 12.3. The third kappa shape index (κ3) is 29.9. The van der Waals surface area contributed by atoms with E-state index >= 15 is 0 Å².